The number of ether oxygens (including phenoxy) is 1. The SMILES string of the molecule is COCCNCCNC(=O)c1cnn2c1[nH]c(=O)c1ccccc12. The predicted octanol–water partition coefficient (Wildman–Crippen LogP) is 0.142. The number of nitrogens with zero attached hydrogens (tertiary/aromatic N) is 2. The average Bonchev–Trinajstić information content (AvgIpc) is 3.02. The number of hydrogen-bond acceptors (Lipinski definition) is 5. The number of carbonyl (C=O) groups excluding carboxylic acids is 1. The lowest BCUT2D eigenvalue weighted by Gasteiger charge is -2.06. The molecule has 1 aromatic carbocycles. The second-order valence-corrected chi connectivity index (χ2v) is 5.29. The quantitative estimate of drug-likeness (QED) is 0.536. The summed E-state index contributed by atoms with van der Waals surface area (Å²) < 4.78 is 6.50. The summed E-state index contributed by atoms with van der Waals surface area (Å²) >= 11 is 0. The van der Waals surface area contributed by atoms with Crippen LogP contribution in [0.5, 0.6) is 0 Å². The van der Waals surface area contributed by atoms with Gasteiger partial charge in [-0.25, -0.2) is 4.52 Å². The first-order valence-corrected chi connectivity index (χ1v) is 7.69. The van der Waals surface area contributed by atoms with Gasteiger partial charge in [0.2, 0.25) is 0 Å². The normalized spacial score (nSPS) is 11.2. The minimum absolute atomic E-state index is 0.242. The molecule has 2 heterocycles. The number of H-pyrrole nitrogens is 1. The van der Waals surface area contributed by atoms with Crippen molar-refractivity contribution in [3.8, 4) is 0 Å². The Labute approximate surface area is 137 Å². The highest BCUT2D eigenvalue weighted by Gasteiger charge is 2.15. The van der Waals surface area contributed by atoms with Gasteiger partial charge in [0.1, 0.15) is 11.2 Å². The molecule has 8 heteroatoms. The molecule has 3 aromatic rings. The van der Waals surface area contributed by atoms with E-state index in [9.17, 15) is 9.59 Å². The van der Waals surface area contributed by atoms with Gasteiger partial charge in [-0.05, 0) is 12.1 Å². The largest absolute Gasteiger partial charge is 0.383 e. The van der Waals surface area contributed by atoms with E-state index >= 15 is 0 Å². The van der Waals surface area contributed by atoms with E-state index < -0.39 is 0 Å². The monoisotopic (exact) mass is 329 g/mol. The third-order valence-electron chi connectivity index (χ3n) is 3.69. The van der Waals surface area contributed by atoms with Crippen LogP contribution in [0, 0.1) is 0 Å². The van der Waals surface area contributed by atoms with Crippen molar-refractivity contribution >= 4 is 22.5 Å². The molecule has 0 spiro atoms. The van der Waals surface area contributed by atoms with Crippen LogP contribution in [0.25, 0.3) is 16.6 Å². The van der Waals surface area contributed by atoms with Crippen molar-refractivity contribution in [2.24, 2.45) is 0 Å². The Bertz CT molecular complexity index is 915. The highest BCUT2D eigenvalue weighted by molar-refractivity contribution is 6.00. The number of carbonyl (C=O) groups is 1. The molecule has 0 aliphatic heterocycles. The molecule has 24 heavy (non-hydrogen) atoms. The molecule has 0 aliphatic carbocycles. The van der Waals surface area contributed by atoms with Crippen LogP contribution in [-0.4, -0.2) is 53.9 Å². The molecule has 0 unspecified atom stereocenters. The Morgan fingerprint density at radius 3 is 2.96 bits per heavy atom. The summed E-state index contributed by atoms with van der Waals surface area (Å²) in [7, 11) is 1.64. The Morgan fingerprint density at radius 2 is 2.12 bits per heavy atom. The van der Waals surface area contributed by atoms with E-state index in [0.717, 1.165) is 6.54 Å². The summed E-state index contributed by atoms with van der Waals surface area (Å²) in [5, 5.41) is 10.7. The van der Waals surface area contributed by atoms with Gasteiger partial charge in [0, 0.05) is 26.7 Å². The zero-order valence-corrected chi connectivity index (χ0v) is 13.3. The summed E-state index contributed by atoms with van der Waals surface area (Å²) in [4.78, 5) is 27.2. The van der Waals surface area contributed by atoms with E-state index in [1.54, 1.807) is 29.8 Å². The number of aromatic nitrogens is 3. The molecule has 2 aromatic heterocycles. The lowest BCUT2D eigenvalue weighted by molar-refractivity contribution is 0.0955. The van der Waals surface area contributed by atoms with Gasteiger partial charge in [-0.15, -0.1) is 0 Å². The summed E-state index contributed by atoms with van der Waals surface area (Å²) in [6, 6.07) is 7.14. The molecule has 0 saturated carbocycles. The number of benzene rings is 1. The van der Waals surface area contributed by atoms with Crippen LogP contribution in [0.2, 0.25) is 0 Å². The Balaban J connectivity index is 1.78. The summed E-state index contributed by atoms with van der Waals surface area (Å²) in [6.45, 7) is 2.45. The number of amides is 1. The van der Waals surface area contributed by atoms with Gasteiger partial charge in [-0.2, -0.15) is 5.10 Å². The van der Waals surface area contributed by atoms with E-state index in [-0.39, 0.29) is 11.5 Å². The standard InChI is InChI=1S/C16H19N5O3/c1-24-9-8-17-6-7-18-15(22)12-10-19-21-13-5-3-2-4-11(13)16(23)20-14(12)21/h2-5,10,17H,6-9H2,1H3,(H,18,22)(H,20,23). The second-order valence-electron chi connectivity index (χ2n) is 5.29. The van der Waals surface area contributed by atoms with Crippen molar-refractivity contribution in [2.45, 2.75) is 0 Å². The van der Waals surface area contributed by atoms with E-state index in [4.69, 9.17) is 4.74 Å². The topological polar surface area (TPSA) is 101 Å². The molecule has 0 aliphatic rings. The maximum absolute atomic E-state index is 12.3. The third kappa shape index (κ3) is 3.15. The molecule has 8 nitrogen and oxygen atoms in total. The summed E-state index contributed by atoms with van der Waals surface area (Å²) in [5.41, 5.74) is 1.16. The van der Waals surface area contributed by atoms with Gasteiger partial charge in [0.25, 0.3) is 11.5 Å². The fraction of sp³-hybridized carbons (Fsp3) is 0.312. The van der Waals surface area contributed by atoms with Crippen LogP contribution in [0.3, 0.4) is 0 Å². The molecule has 0 saturated heterocycles. The molecule has 1 amide bonds. The molecule has 3 N–H and O–H groups in total. The number of aromatic amines is 1. The van der Waals surface area contributed by atoms with E-state index in [1.807, 2.05) is 6.07 Å². The second kappa shape index (κ2) is 7.24. The number of fused-ring (bicyclic) bond motifs is 3. The lowest BCUT2D eigenvalue weighted by atomic mass is 10.2. The van der Waals surface area contributed by atoms with Crippen LogP contribution >= 0.6 is 0 Å². The lowest BCUT2D eigenvalue weighted by Crippen LogP contribution is -2.33. The maximum Gasteiger partial charge on any atom is 0.259 e. The zero-order valence-electron chi connectivity index (χ0n) is 13.3. The van der Waals surface area contributed by atoms with Crippen LogP contribution in [0.1, 0.15) is 10.4 Å². The minimum atomic E-state index is -0.274. The number of nitrogens with one attached hydrogen (secondary N) is 3. The van der Waals surface area contributed by atoms with Gasteiger partial charge < -0.3 is 20.4 Å². The van der Waals surface area contributed by atoms with Gasteiger partial charge in [0.15, 0.2) is 0 Å². The van der Waals surface area contributed by atoms with Crippen molar-refractivity contribution in [1.82, 2.24) is 25.2 Å². The van der Waals surface area contributed by atoms with Crippen LogP contribution < -0.4 is 16.2 Å². The van der Waals surface area contributed by atoms with Crippen LogP contribution in [-0.2, 0) is 4.74 Å². The zero-order chi connectivity index (χ0) is 16.9. The van der Waals surface area contributed by atoms with Crippen LogP contribution in [0.4, 0.5) is 0 Å². The van der Waals surface area contributed by atoms with Crippen molar-refractivity contribution in [1.29, 1.82) is 0 Å². The van der Waals surface area contributed by atoms with Gasteiger partial charge in [-0.3, -0.25) is 9.59 Å². The Hall–Kier alpha value is -2.71. The molecule has 0 bridgehead atoms. The van der Waals surface area contributed by atoms with E-state index in [0.29, 0.717) is 41.8 Å². The molecular weight excluding hydrogens is 310 g/mol. The number of rotatable bonds is 7. The molecule has 0 radical (unpaired) electrons. The predicted molar refractivity (Wildman–Crippen MR) is 90.4 cm³/mol. The molecule has 0 fully saturated rings. The van der Waals surface area contributed by atoms with Crippen molar-refractivity contribution in [2.75, 3.05) is 33.4 Å². The Morgan fingerprint density at radius 1 is 1.29 bits per heavy atom. The molecular formula is C16H19N5O3. The van der Waals surface area contributed by atoms with Gasteiger partial charge in [-0.1, -0.05) is 12.1 Å². The van der Waals surface area contributed by atoms with E-state index in [2.05, 4.69) is 20.7 Å². The first kappa shape index (κ1) is 16.2. The number of para-hydroxylation sites is 1. The molecule has 3 rings (SSSR count). The minimum Gasteiger partial charge on any atom is -0.383 e. The number of methoxy groups -OCH3 is 1. The maximum atomic E-state index is 12.3. The fourth-order valence-electron chi connectivity index (χ4n) is 2.50. The van der Waals surface area contributed by atoms with E-state index in [1.165, 1.54) is 6.20 Å². The first-order chi connectivity index (χ1) is 11.7. The van der Waals surface area contributed by atoms with Crippen molar-refractivity contribution in [3.05, 3.63) is 46.4 Å². The van der Waals surface area contributed by atoms with Crippen LogP contribution in [0.15, 0.2) is 35.3 Å². The smallest absolute Gasteiger partial charge is 0.259 e. The van der Waals surface area contributed by atoms with Crippen molar-refractivity contribution < 1.29 is 9.53 Å². The third-order valence-corrected chi connectivity index (χ3v) is 3.69. The Kier molecular flexibility index (Phi) is 4.88. The summed E-state index contributed by atoms with van der Waals surface area (Å²) in [5.74, 6) is -0.274. The summed E-state index contributed by atoms with van der Waals surface area (Å²) in [6.07, 6.45) is 1.46. The number of hydrogen-bond donors (Lipinski definition) is 3. The fourth-order valence-corrected chi connectivity index (χ4v) is 2.50. The highest BCUT2D eigenvalue weighted by Crippen LogP contribution is 2.13. The van der Waals surface area contributed by atoms with Gasteiger partial charge >= 0.3 is 0 Å². The first-order valence-electron chi connectivity index (χ1n) is 7.69. The molecule has 126 valence electrons. The van der Waals surface area contributed by atoms with Gasteiger partial charge in [0.05, 0.1) is 23.7 Å². The average molecular weight is 329 g/mol. The molecule has 0 atom stereocenters. The highest BCUT2D eigenvalue weighted by atomic mass is 16.5. The van der Waals surface area contributed by atoms with Crippen molar-refractivity contribution in [3.63, 3.8) is 0 Å².